The van der Waals surface area contributed by atoms with Gasteiger partial charge in [-0.3, -0.25) is 4.79 Å². The molecular weight excluding hydrogens is 286 g/mol. The van der Waals surface area contributed by atoms with Crippen molar-refractivity contribution in [2.24, 2.45) is 0 Å². The van der Waals surface area contributed by atoms with Crippen LogP contribution in [0.3, 0.4) is 0 Å². The molecule has 0 spiro atoms. The normalized spacial score (nSPS) is 12.8. The van der Waals surface area contributed by atoms with E-state index in [-0.39, 0.29) is 0 Å². The fourth-order valence-corrected chi connectivity index (χ4v) is 2.40. The molecule has 0 radical (unpaired) electrons. The summed E-state index contributed by atoms with van der Waals surface area (Å²) in [5, 5.41) is 1.22. The number of rotatable bonds is 3. The zero-order valence-corrected chi connectivity index (χ0v) is 12.4. The Bertz CT molecular complexity index is 759. The number of aromatic amines is 1. The van der Waals surface area contributed by atoms with Gasteiger partial charge in [0.2, 0.25) is 0 Å². The number of benzene rings is 1. The maximum absolute atomic E-state index is 12.4. The first-order valence-electron chi connectivity index (χ1n) is 5.65. The highest BCUT2D eigenvalue weighted by atomic mass is 35.5. The highest BCUT2D eigenvalue weighted by molar-refractivity contribution is 7.92. The third-order valence-electron chi connectivity index (χ3n) is 3.36. The van der Waals surface area contributed by atoms with Crippen LogP contribution in [-0.4, -0.2) is 30.2 Å². The van der Waals surface area contributed by atoms with Crippen molar-refractivity contribution in [1.29, 1.82) is 0 Å². The Morgan fingerprint density at radius 1 is 1.32 bits per heavy atom. The van der Waals surface area contributed by atoms with Crippen molar-refractivity contribution in [2.75, 3.05) is 6.26 Å². The molecule has 0 unspecified atom stereocenters. The standard InChI is InChI=1S/C13H14ClNO3S/c1-13(2,19(3,17)18)12(16)10-7-15-11-6-8(14)4-5-9(10)11/h4-7,15H,1-3H3. The average Bonchev–Trinajstić information content (AvgIpc) is 2.69. The van der Waals surface area contributed by atoms with Crippen molar-refractivity contribution < 1.29 is 13.2 Å². The second-order valence-electron chi connectivity index (χ2n) is 5.00. The third kappa shape index (κ3) is 2.28. The molecule has 0 aliphatic rings. The van der Waals surface area contributed by atoms with Gasteiger partial charge in [-0.1, -0.05) is 17.7 Å². The lowest BCUT2D eigenvalue weighted by molar-refractivity contribution is 0.0956. The van der Waals surface area contributed by atoms with Crippen molar-refractivity contribution in [3.63, 3.8) is 0 Å². The summed E-state index contributed by atoms with van der Waals surface area (Å²) in [6.07, 6.45) is 2.59. The summed E-state index contributed by atoms with van der Waals surface area (Å²) in [5.74, 6) is -0.427. The van der Waals surface area contributed by atoms with Gasteiger partial charge in [0.1, 0.15) is 4.75 Å². The molecule has 0 amide bonds. The van der Waals surface area contributed by atoms with Gasteiger partial charge in [0.25, 0.3) is 0 Å². The van der Waals surface area contributed by atoms with Gasteiger partial charge in [-0.05, 0) is 26.0 Å². The predicted octanol–water partition coefficient (Wildman–Crippen LogP) is 2.83. The summed E-state index contributed by atoms with van der Waals surface area (Å²) in [5.41, 5.74) is 1.07. The fourth-order valence-electron chi connectivity index (χ4n) is 1.78. The van der Waals surface area contributed by atoms with E-state index in [1.54, 1.807) is 18.2 Å². The van der Waals surface area contributed by atoms with Crippen LogP contribution in [0.25, 0.3) is 10.9 Å². The summed E-state index contributed by atoms with van der Waals surface area (Å²) < 4.78 is 22.0. The van der Waals surface area contributed by atoms with Crippen LogP contribution in [0, 0.1) is 0 Å². The maximum atomic E-state index is 12.4. The van der Waals surface area contributed by atoms with Gasteiger partial charge < -0.3 is 4.98 Å². The SMILES string of the molecule is CC(C)(C(=O)c1c[nH]c2cc(Cl)ccc12)S(C)(=O)=O. The number of carbonyl (C=O) groups is 1. The lowest BCUT2D eigenvalue weighted by atomic mass is 10.00. The van der Waals surface area contributed by atoms with Crippen LogP contribution in [-0.2, 0) is 9.84 Å². The largest absolute Gasteiger partial charge is 0.360 e. The minimum absolute atomic E-state index is 0.363. The molecule has 0 fully saturated rings. The minimum atomic E-state index is -3.49. The summed E-state index contributed by atoms with van der Waals surface area (Å²) in [6, 6.07) is 5.07. The molecule has 0 aliphatic carbocycles. The molecule has 0 saturated carbocycles. The fraction of sp³-hybridized carbons (Fsp3) is 0.308. The highest BCUT2D eigenvalue weighted by Gasteiger charge is 2.39. The topological polar surface area (TPSA) is 67.0 Å². The van der Waals surface area contributed by atoms with E-state index in [9.17, 15) is 13.2 Å². The number of sulfone groups is 1. The molecule has 1 aromatic carbocycles. The molecule has 0 saturated heterocycles. The second-order valence-corrected chi connectivity index (χ2v) is 8.01. The van der Waals surface area contributed by atoms with Gasteiger partial charge in [-0.2, -0.15) is 0 Å². The molecule has 2 rings (SSSR count). The van der Waals surface area contributed by atoms with Gasteiger partial charge in [-0.25, -0.2) is 8.42 Å². The lowest BCUT2D eigenvalue weighted by Gasteiger charge is -2.20. The molecule has 1 aromatic heterocycles. The first-order chi connectivity index (χ1) is 8.64. The lowest BCUT2D eigenvalue weighted by Crippen LogP contribution is -2.39. The van der Waals surface area contributed by atoms with E-state index in [2.05, 4.69) is 4.98 Å². The Balaban J connectivity index is 2.60. The summed E-state index contributed by atoms with van der Waals surface area (Å²) in [6.45, 7) is 2.83. The molecule has 6 heteroatoms. The number of hydrogen-bond acceptors (Lipinski definition) is 3. The van der Waals surface area contributed by atoms with Crippen LogP contribution in [0.5, 0.6) is 0 Å². The Morgan fingerprint density at radius 3 is 2.53 bits per heavy atom. The number of Topliss-reactive ketones (excluding diaryl/α,β-unsaturated/α-hetero) is 1. The number of hydrogen-bond donors (Lipinski definition) is 1. The van der Waals surface area contributed by atoms with Gasteiger partial charge >= 0.3 is 0 Å². The van der Waals surface area contributed by atoms with Crippen LogP contribution < -0.4 is 0 Å². The van der Waals surface area contributed by atoms with E-state index in [1.165, 1.54) is 20.0 Å². The first kappa shape index (κ1) is 14.1. The molecule has 102 valence electrons. The zero-order chi connectivity index (χ0) is 14.4. The molecular formula is C13H14ClNO3S. The van der Waals surface area contributed by atoms with Crippen LogP contribution in [0.4, 0.5) is 0 Å². The Labute approximate surface area is 116 Å². The van der Waals surface area contributed by atoms with E-state index in [1.807, 2.05) is 0 Å². The van der Waals surface area contributed by atoms with E-state index in [0.717, 1.165) is 6.26 Å². The number of halogens is 1. The predicted molar refractivity (Wildman–Crippen MR) is 76.6 cm³/mol. The van der Waals surface area contributed by atoms with E-state index < -0.39 is 20.4 Å². The van der Waals surface area contributed by atoms with Crippen molar-refractivity contribution in [2.45, 2.75) is 18.6 Å². The van der Waals surface area contributed by atoms with Gasteiger partial charge in [0.15, 0.2) is 15.6 Å². The number of nitrogens with one attached hydrogen (secondary N) is 1. The minimum Gasteiger partial charge on any atom is -0.360 e. The van der Waals surface area contributed by atoms with Crippen LogP contribution in [0.1, 0.15) is 24.2 Å². The van der Waals surface area contributed by atoms with E-state index in [4.69, 9.17) is 11.6 Å². The number of ketones is 1. The molecule has 19 heavy (non-hydrogen) atoms. The first-order valence-corrected chi connectivity index (χ1v) is 7.92. The van der Waals surface area contributed by atoms with Crippen molar-refractivity contribution in [3.8, 4) is 0 Å². The molecule has 1 heterocycles. The Kier molecular flexibility index (Phi) is 3.23. The summed E-state index contributed by atoms with van der Waals surface area (Å²) in [7, 11) is -3.49. The van der Waals surface area contributed by atoms with Gasteiger partial charge in [0.05, 0.1) is 0 Å². The summed E-state index contributed by atoms with van der Waals surface area (Å²) in [4.78, 5) is 15.4. The Morgan fingerprint density at radius 2 is 1.95 bits per heavy atom. The van der Waals surface area contributed by atoms with Crippen molar-refractivity contribution >= 4 is 38.1 Å². The molecule has 0 bridgehead atoms. The van der Waals surface area contributed by atoms with Crippen molar-refractivity contribution in [3.05, 3.63) is 35.0 Å². The Hall–Kier alpha value is -1.33. The molecule has 0 atom stereocenters. The van der Waals surface area contributed by atoms with Crippen LogP contribution in [0.15, 0.2) is 24.4 Å². The van der Waals surface area contributed by atoms with Gasteiger partial charge in [0, 0.05) is 33.9 Å². The van der Waals surface area contributed by atoms with Crippen LogP contribution in [0.2, 0.25) is 5.02 Å². The smallest absolute Gasteiger partial charge is 0.185 e. The molecule has 2 aromatic rings. The zero-order valence-electron chi connectivity index (χ0n) is 10.8. The number of aromatic nitrogens is 1. The van der Waals surface area contributed by atoms with E-state index >= 15 is 0 Å². The van der Waals surface area contributed by atoms with Crippen molar-refractivity contribution in [1.82, 2.24) is 4.98 Å². The summed E-state index contributed by atoms with van der Waals surface area (Å²) >= 11 is 5.87. The quantitative estimate of drug-likeness (QED) is 0.886. The second kappa shape index (κ2) is 4.35. The highest BCUT2D eigenvalue weighted by Crippen LogP contribution is 2.28. The maximum Gasteiger partial charge on any atom is 0.185 e. The monoisotopic (exact) mass is 299 g/mol. The molecule has 4 nitrogen and oxygen atoms in total. The number of fused-ring (bicyclic) bond motifs is 1. The van der Waals surface area contributed by atoms with Crippen LogP contribution >= 0.6 is 11.6 Å². The number of H-pyrrole nitrogens is 1. The molecule has 1 N–H and O–H groups in total. The third-order valence-corrected chi connectivity index (χ3v) is 5.64. The molecule has 0 aliphatic heterocycles. The average molecular weight is 300 g/mol. The van der Waals surface area contributed by atoms with E-state index in [0.29, 0.717) is 21.5 Å². The number of carbonyl (C=O) groups excluding carboxylic acids is 1. The van der Waals surface area contributed by atoms with Gasteiger partial charge in [-0.15, -0.1) is 0 Å².